The maximum absolute atomic E-state index is 12.2. The molecule has 5 heteroatoms. The lowest BCUT2D eigenvalue weighted by atomic mass is 10.2. The van der Waals surface area contributed by atoms with Crippen LogP contribution < -0.4 is 0 Å². The first-order valence-electron chi connectivity index (χ1n) is 4.96. The number of amides is 1. The van der Waals surface area contributed by atoms with Gasteiger partial charge < -0.3 is 9.42 Å². The van der Waals surface area contributed by atoms with Gasteiger partial charge in [-0.2, -0.15) is 0 Å². The maximum atomic E-state index is 12.2. The van der Waals surface area contributed by atoms with Crippen molar-refractivity contribution in [1.29, 1.82) is 0 Å². The van der Waals surface area contributed by atoms with Crippen LogP contribution in [0.15, 0.2) is 4.52 Å². The number of thioether (sulfide) groups is 1. The smallest absolute Gasteiger partial charge is 0.260 e. The molecular formula is C10H14N2O2S. The molecule has 82 valence electrons. The molecule has 1 fully saturated rings. The molecule has 0 radical (unpaired) electrons. The molecule has 1 unspecified atom stereocenters. The average Bonchev–Trinajstić information content (AvgIpc) is 2.73. The molecule has 4 nitrogen and oxygen atoms in total. The van der Waals surface area contributed by atoms with E-state index in [1.807, 2.05) is 11.8 Å². The normalized spacial score (nSPS) is 21.0. The Hall–Kier alpha value is -0.970. The molecule has 1 amide bonds. The van der Waals surface area contributed by atoms with Gasteiger partial charge in [0.1, 0.15) is 11.3 Å². The third kappa shape index (κ3) is 1.76. The predicted octanol–water partition coefficient (Wildman–Crippen LogP) is 1.83. The second kappa shape index (κ2) is 3.89. The van der Waals surface area contributed by atoms with E-state index >= 15 is 0 Å². The summed E-state index contributed by atoms with van der Waals surface area (Å²) in [6.45, 7) is 6.45. The van der Waals surface area contributed by atoms with Gasteiger partial charge in [-0.15, -0.1) is 11.8 Å². The van der Waals surface area contributed by atoms with E-state index in [1.54, 1.807) is 25.6 Å². The lowest BCUT2D eigenvalue weighted by Gasteiger charge is -2.19. The fraction of sp³-hybridized carbons (Fsp3) is 0.600. The summed E-state index contributed by atoms with van der Waals surface area (Å²) in [4.78, 5) is 14.0. The lowest BCUT2D eigenvalue weighted by Crippen LogP contribution is -2.33. The van der Waals surface area contributed by atoms with Crippen molar-refractivity contribution in [2.24, 2.45) is 0 Å². The van der Waals surface area contributed by atoms with E-state index in [1.165, 1.54) is 0 Å². The zero-order valence-corrected chi connectivity index (χ0v) is 9.93. The van der Waals surface area contributed by atoms with Gasteiger partial charge >= 0.3 is 0 Å². The van der Waals surface area contributed by atoms with Gasteiger partial charge in [-0.1, -0.05) is 5.16 Å². The predicted molar refractivity (Wildman–Crippen MR) is 58.9 cm³/mol. The molecule has 0 N–H and O–H groups in total. The molecule has 0 aliphatic carbocycles. The topological polar surface area (TPSA) is 46.3 Å². The van der Waals surface area contributed by atoms with Gasteiger partial charge in [0.2, 0.25) is 0 Å². The van der Waals surface area contributed by atoms with E-state index in [2.05, 4.69) is 5.16 Å². The summed E-state index contributed by atoms with van der Waals surface area (Å²) >= 11 is 1.80. The van der Waals surface area contributed by atoms with E-state index in [9.17, 15) is 4.79 Å². The van der Waals surface area contributed by atoms with Crippen LogP contribution in [-0.4, -0.2) is 33.6 Å². The molecule has 1 aromatic heterocycles. The van der Waals surface area contributed by atoms with Gasteiger partial charge in [0.15, 0.2) is 0 Å². The number of hydrogen-bond acceptors (Lipinski definition) is 4. The van der Waals surface area contributed by atoms with E-state index < -0.39 is 0 Å². The van der Waals surface area contributed by atoms with Crippen LogP contribution in [0.4, 0.5) is 0 Å². The fourth-order valence-corrected chi connectivity index (χ4v) is 2.82. The van der Waals surface area contributed by atoms with Gasteiger partial charge in [-0.25, -0.2) is 0 Å². The minimum atomic E-state index is 0.0451. The summed E-state index contributed by atoms with van der Waals surface area (Å²) in [5, 5.41) is 4.06. The van der Waals surface area contributed by atoms with Crippen molar-refractivity contribution in [1.82, 2.24) is 10.1 Å². The highest BCUT2D eigenvalue weighted by molar-refractivity contribution is 8.00. The summed E-state index contributed by atoms with van der Waals surface area (Å²) in [6, 6.07) is 0. The highest BCUT2D eigenvalue weighted by Gasteiger charge is 2.30. The van der Waals surface area contributed by atoms with Crippen LogP contribution in [-0.2, 0) is 0 Å². The van der Waals surface area contributed by atoms with Crippen molar-refractivity contribution in [2.45, 2.75) is 26.1 Å². The van der Waals surface area contributed by atoms with Gasteiger partial charge in [-0.3, -0.25) is 4.79 Å². The number of hydrogen-bond donors (Lipinski definition) is 0. The average molecular weight is 226 g/mol. The Morgan fingerprint density at radius 2 is 2.33 bits per heavy atom. The molecule has 1 atom stereocenters. The molecule has 2 rings (SSSR count). The second-order valence-electron chi connectivity index (χ2n) is 3.67. The third-order valence-corrected chi connectivity index (χ3v) is 3.79. The van der Waals surface area contributed by atoms with Crippen LogP contribution >= 0.6 is 11.8 Å². The molecule has 1 saturated heterocycles. The summed E-state index contributed by atoms with van der Waals surface area (Å²) in [5.41, 5.74) is 1.31. The Balaban J connectivity index is 2.28. The highest BCUT2D eigenvalue weighted by Crippen LogP contribution is 2.26. The molecule has 1 aliphatic rings. The minimum absolute atomic E-state index is 0.0451. The highest BCUT2D eigenvalue weighted by atomic mass is 32.2. The zero-order valence-electron chi connectivity index (χ0n) is 9.11. The Bertz CT molecular complexity index is 369. The Labute approximate surface area is 93.0 Å². The van der Waals surface area contributed by atoms with Gasteiger partial charge in [-0.05, 0) is 20.8 Å². The standard InChI is InChI=1S/C10H14N2O2S/c1-6-9(7(2)14-11-6)10(13)12-4-5-15-8(12)3/h8H,4-5H2,1-3H3. The fourth-order valence-electron chi connectivity index (χ4n) is 1.79. The second-order valence-corrected chi connectivity index (χ2v) is 5.09. The molecule has 0 saturated carbocycles. The number of aryl methyl sites for hydroxylation is 2. The quantitative estimate of drug-likeness (QED) is 0.733. The first-order chi connectivity index (χ1) is 7.11. The summed E-state index contributed by atoms with van der Waals surface area (Å²) in [6.07, 6.45) is 0. The molecular weight excluding hydrogens is 212 g/mol. The SMILES string of the molecule is Cc1noc(C)c1C(=O)N1CCSC1C. The van der Waals surface area contributed by atoms with Crippen molar-refractivity contribution in [3.8, 4) is 0 Å². The summed E-state index contributed by atoms with van der Waals surface area (Å²) < 4.78 is 5.01. The summed E-state index contributed by atoms with van der Waals surface area (Å²) in [7, 11) is 0. The number of carbonyl (C=O) groups excluding carboxylic acids is 1. The lowest BCUT2D eigenvalue weighted by molar-refractivity contribution is 0.0766. The van der Waals surface area contributed by atoms with Gasteiger partial charge in [0.05, 0.1) is 11.1 Å². The van der Waals surface area contributed by atoms with E-state index in [4.69, 9.17) is 4.52 Å². The van der Waals surface area contributed by atoms with Crippen LogP contribution in [0.25, 0.3) is 0 Å². The number of aromatic nitrogens is 1. The third-order valence-electron chi connectivity index (χ3n) is 2.64. The molecule has 2 heterocycles. The number of rotatable bonds is 1. The van der Waals surface area contributed by atoms with Crippen molar-refractivity contribution in [2.75, 3.05) is 12.3 Å². The van der Waals surface area contributed by atoms with Crippen LogP contribution in [0.1, 0.15) is 28.7 Å². The monoisotopic (exact) mass is 226 g/mol. The Kier molecular flexibility index (Phi) is 2.73. The van der Waals surface area contributed by atoms with Crippen molar-refractivity contribution in [3.63, 3.8) is 0 Å². The molecule has 0 spiro atoms. The van der Waals surface area contributed by atoms with Crippen LogP contribution in [0, 0.1) is 13.8 Å². The minimum Gasteiger partial charge on any atom is -0.361 e. The first kappa shape index (κ1) is 10.5. The molecule has 0 bridgehead atoms. The molecule has 0 aromatic carbocycles. The van der Waals surface area contributed by atoms with Gasteiger partial charge in [0, 0.05) is 12.3 Å². The molecule has 1 aromatic rings. The molecule has 1 aliphatic heterocycles. The van der Waals surface area contributed by atoms with E-state index in [0.717, 1.165) is 12.3 Å². The first-order valence-corrected chi connectivity index (χ1v) is 6.01. The van der Waals surface area contributed by atoms with Crippen molar-refractivity contribution in [3.05, 3.63) is 17.0 Å². The van der Waals surface area contributed by atoms with Crippen molar-refractivity contribution >= 4 is 17.7 Å². The van der Waals surface area contributed by atoms with E-state index in [-0.39, 0.29) is 11.3 Å². The largest absolute Gasteiger partial charge is 0.361 e. The number of nitrogens with zero attached hydrogens (tertiary/aromatic N) is 2. The van der Waals surface area contributed by atoms with Crippen LogP contribution in [0.3, 0.4) is 0 Å². The Morgan fingerprint density at radius 1 is 1.60 bits per heavy atom. The van der Waals surface area contributed by atoms with Crippen molar-refractivity contribution < 1.29 is 9.32 Å². The Morgan fingerprint density at radius 3 is 2.80 bits per heavy atom. The maximum Gasteiger partial charge on any atom is 0.260 e. The van der Waals surface area contributed by atoms with E-state index in [0.29, 0.717) is 17.0 Å². The van der Waals surface area contributed by atoms with Crippen LogP contribution in [0.2, 0.25) is 0 Å². The zero-order chi connectivity index (χ0) is 11.0. The summed E-state index contributed by atoms with van der Waals surface area (Å²) in [5.74, 6) is 1.67. The van der Waals surface area contributed by atoms with Crippen LogP contribution in [0.5, 0.6) is 0 Å². The van der Waals surface area contributed by atoms with Gasteiger partial charge in [0.25, 0.3) is 5.91 Å². The molecule has 15 heavy (non-hydrogen) atoms. The number of carbonyl (C=O) groups is 1.